The van der Waals surface area contributed by atoms with Gasteiger partial charge in [0.15, 0.2) is 18.1 Å². The van der Waals surface area contributed by atoms with E-state index in [2.05, 4.69) is 6.58 Å². The summed E-state index contributed by atoms with van der Waals surface area (Å²) in [6.07, 6.45) is 2.42. The molecule has 0 fully saturated rings. The minimum absolute atomic E-state index is 0.0842. The van der Waals surface area contributed by atoms with Crippen LogP contribution in [0.2, 0.25) is 0 Å². The van der Waals surface area contributed by atoms with Crippen LogP contribution in [0.4, 0.5) is 0 Å². The molecule has 0 saturated carbocycles. The lowest BCUT2D eigenvalue weighted by Gasteiger charge is -2.20. The van der Waals surface area contributed by atoms with Crippen molar-refractivity contribution in [3.63, 3.8) is 0 Å². The highest BCUT2D eigenvalue weighted by atomic mass is 16.5. The number of nitrogens with zero attached hydrogens (tertiary/aromatic N) is 1. The lowest BCUT2D eigenvalue weighted by molar-refractivity contribution is -0.139. The Balaban J connectivity index is 2.66. The molecule has 0 heterocycles. The maximum absolute atomic E-state index is 12.1. The third kappa shape index (κ3) is 6.02. The topological polar surface area (TPSA) is 76.1 Å². The fourth-order valence-corrected chi connectivity index (χ4v) is 2.05. The van der Waals surface area contributed by atoms with Crippen LogP contribution in [0, 0.1) is 0 Å². The molecular formula is C17H23NO5. The number of likely N-dealkylation sites (N-methyl/N-ethyl adjacent to an activating group) is 1. The Morgan fingerprint density at radius 3 is 2.65 bits per heavy atom. The van der Waals surface area contributed by atoms with Crippen LogP contribution in [0.5, 0.6) is 11.5 Å². The molecule has 0 aliphatic rings. The Bertz CT molecular complexity index is 556. The fourth-order valence-electron chi connectivity index (χ4n) is 2.05. The first kappa shape index (κ1) is 18.5. The van der Waals surface area contributed by atoms with E-state index in [1.54, 1.807) is 19.1 Å². The molecule has 0 saturated heterocycles. The largest absolute Gasteiger partial charge is 0.493 e. The third-order valence-electron chi connectivity index (χ3n) is 3.29. The predicted octanol–water partition coefficient (Wildman–Crippen LogP) is 2.13. The van der Waals surface area contributed by atoms with Crippen LogP contribution in [-0.4, -0.2) is 48.7 Å². The number of carboxylic acids is 1. The number of methoxy groups -OCH3 is 1. The van der Waals surface area contributed by atoms with Gasteiger partial charge in [0, 0.05) is 13.1 Å². The van der Waals surface area contributed by atoms with Crippen LogP contribution in [0.15, 0.2) is 30.9 Å². The quantitative estimate of drug-likeness (QED) is 0.668. The molecule has 6 nitrogen and oxygen atoms in total. The summed E-state index contributed by atoms with van der Waals surface area (Å²) in [6.45, 7) is 5.93. The van der Waals surface area contributed by atoms with E-state index in [1.807, 2.05) is 12.1 Å². The van der Waals surface area contributed by atoms with Gasteiger partial charge in [-0.1, -0.05) is 12.1 Å². The first-order valence-corrected chi connectivity index (χ1v) is 7.42. The van der Waals surface area contributed by atoms with Crippen LogP contribution >= 0.6 is 0 Å². The summed E-state index contributed by atoms with van der Waals surface area (Å²) in [4.78, 5) is 24.1. The van der Waals surface area contributed by atoms with Crippen LogP contribution in [0.1, 0.15) is 18.9 Å². The molecule has 1 amide bonds. The first-order chi connectivity index (χ1) is 11.0. The zero-order chi connectivity index (χ0) is 17.2. The summed E-state index contributed by atoms with van der Waals surface area (Å²) in [5.41, 5.74) is 1.03. The van der Waals surface area contributed by atoms with E-state index < -0.39 is 5.97 Å². The lowest BCUT2D eigenvalue weighted by Crippen LogP contribution is -2.36. The summed E-state index contributed by atoms with van der Waals surface area (Å²) < 4.78 is 10.8. The Morgan fingerprint density at radius 1 is 1.35 bits per heavy atom. The maximum atomic E-state index is 12.1. The van der Waals surface area contributed by atoms with Gasteiger partial charge in [-0.25, -0.2) is 0 Å². The van der Waals surface area contributed by atoms with Gasteiger partial charge in [0.1, 0.15) is 0 Å². The Hall–Kier alpha value is -2.50. The van der Waals surface area contributed by atoms with Crippen LogP contribution < -0.4 is 9.47 Å². The molecule has 126 valence electrons. The van der Waals surface area contributed by atoms with Gasteiger partial charge < -0.3 is 19.5 Å². The number of carboxylic acid groups (broad SMARTS) is 1. The molecule has 0 bridgehead atoms. The molecule has 0 atom stereocenters. The summed E-state index contributed by atoms with van der Waals surface area (Å²) in [7, 11) is 1.53. The Labute approximate surface area is 136 Å². The number of allylic oxidation sites excluding steroid dienone is 1. The molecule has 0 aliphatic heterocycles. The average molecular weight is 321 g/mol. The number of amides is 1. The van der Waals surface area contributed by atoms with Gasteiger partial charge >= 0.3 is 5.97 Å². The van der Waals surface area contributed by atoms with Crippen molar-refractivity contribution in [3.05, 3.63) is 36.4 Å². The van der Waals surface area contributed by atoms with Gasteiger partial charge in [0.25, 0.3) is 5.91 Å². The van der Waals surface area contributed by atoms with Gasteiger partial charge in [-0.2, -0.15) is 0 Å². The van der Waals surface area contributed by atoms with Crippen molar-refractivity contribution in [1.82, 2.24) is 4.90 Å². The standard InChI is InChI=1S/C17H23NO5/c1-4-6-13-7-8-14(15(11-13)22-3)23-12-16(19)18(5-2)10-9-17(20)21/h4,7-8,11H,1,5-6,9-10,12H2,2-3H3,(H,20,21). The monoisotopic (exact) mass is 321 g/mol. The summed E-state index contributed by atoms with van der Waals surface area (Å²) in [5.74, 6) is -0.170. The second-order valence-corrected chi connectivity index (χ2v) is 4.88. The van der Waals surface area contributed by atoms with E-state index in [1.165, 1.54) is 12.0 Å². The van der Waals surface area contributed by atoms with E-state index >= 15 is 0 Å². The number of rotatable bonds is 10. The van der Waals surface area contributed by atoms with Gasteiger partial charge in [0.05, 0.1) is 13.5 Å². The molecule has 23 heavy (non-hydrogen) atoms. The second kappa shape index (κ2) is 9.50. The van der Waals surface area contributed by atoms with Crippen LogP contribution in [0.25, 0.3) is 0 Å². The van der Waals surface area contributed by atoms with Crippen LogP contribution in [0.3, 0.4) is 0 Å². The van der Waals surface area contributed by atoms with E-state index in [0.29, 0.717) is 24.5 Å². The predicted molar refractivity (Wildman–Crippen MR) is 86.9 cm³/mol. The molecule has 0 spiro atoms. The molecular weight excluding hydrogens is 298 g/mol. The van der Waals surface area contributed by atoms with Crippen molar-refractivity contribution in [2.45, 2.75) is 19.8 Å². The highest BCUT2D eigenvalue weighted by molar-refractivity contribution is 5.78. The van der Waals surface area contributed by atoms with E-state index in [9.17, 15) is 9.59 Å². The normalized spacial score (nSPS) is 10.0. The molecule has 0 aromatic heterocycles. The minimum atomic E-state index is -0.934. The van der Waals surface area contributed by atoms with E-state index in [0.717, 1.165) is 5.56 Å². The Morgan fingerprint density at radius 2 is 2.09 bits per heavy atom. The number of ether oxygens (including phenoxy) is 2. The third-order valence-corrected chi connectivity index (χ3v) is 3.29. The molecule has 0 radical (unpaired) electrons. The first-order valence-electron chi connectivity index (χ1n) is 7.42. The highest BCUT2D eigenvalue weighted by Gasteiger charge is 2.15. The van der Waals surface area contributed by atoms with Crippen molar-refractivity contribution >= 4 is 11.9 Å². The average Bonchev–Trinajstić information content (AvgIpc) is 2.54. The molecule has 0 unspecified atom stereocenters. The number of carbonyl (C=O) groups is 2. The van der Waals surface area contributed by atoms with E-state index in [-0.39, 0.29) is 25.5 Å². The molecule has 0 aliphatic carbocycles. The minimum Gasteiger partial charge on any atom is -0.493 e. The maximum Gasteiger partial charge on any atom is 0.305 e. The van der Waals surface area contributed by atoms with Crippen molar-refractivity contribution in [2.75, 3.05) is 26.8 Å². The molecule has 1 N–H and O–H groups in total. The van der Waals surface area contributed by atoms with Crippen molar-refractivity contribution in [3.8, 4) is 11.5 Å². The van der Waals surface area contributed by atoms with Crippen molar-refractivity contribution < 1.29 is 24.2 Å². The number of hydrogen-bond donors (Lipinski definition) is 1. The number of aliphatic carboxylic acids is 1. The smallest absolute Gasteiger partial charge is 0.305 e. The SMILES string of the molecule is C=CCc1ccc(OCC(=O)N(CC)CCC(=O)O)c(OC)c1. The number of benzene rings is 1. The summed E-state index contributed by atoms with van der Waals surface area (Å²) >= 11 is 0. The van der Waals surface area contributed by atoms with Gasteiger partial charge in [-0.15, -0.1) is 6.58 Å². The molecule has 1 aromatic carbocycles. The molecule has 1 aromatic rings. The van der Waals surface area contributed by atoms with Crippen molar-refractivity contribution in [2.24, 2.45) is 0 Å². The van der Waals surface area contributed by atoms with E-state index in [4.69, 9.17) is 14.6 Å². The molecule has 6 heteroatoms. The van der Waals surface area contributed by atoms with Crippen molar-refractivity contribution in [1.29, 1.82) is 0 Å². The fraction of sp³-hybridized carbons (Fsp3) is 0.412. The molecule has 1 rings (SSSR count). The van der Waals surface area contributed by atoms with Gasteiger partial charge in [-0.05, 0) is 31.0 Å². The Kier molecular flexibility index (Phi) is 7.66. The number of hydrogen-bond acceptors (Lipinski definition) is 4. The summed E-state index contributed by atoms with van der Waals surface area (Å²) in [6, 6.07) is 5.47. The lowest BCUT2D eigenvalue weighted by atomic mass is 10.1. The zero-order valence-corrected chi connectivity index (χ0v) is 13.6. The summed E-state index contributed by atoms with van der Waals surface area (Å²) in [5, 5.41) is 8.69. The van der Waals surface area contributed by atoms with Gasteiger partial charge in [-0.3, -0.25) is 9.59 Å². The highest BCUT2D eigenvalue weighted by Crippen LogP contribution is 2.28. The second-order valence-electron chi connectivity index (χ2n) is 4.88. The van der Waals surface area contributed by atoms with Crippen LogP contribution in [-0.2, 0) is 16.0 Å². The number of carbonyl (C=O) groups excluding carboxylic acids is 1. The zero-order valence-electron chi connectivity index (χ0n) is 13.6. The van der Waals surface area contributed by atoms with Gasteiger partial charge in [0.2, 0.25) is 0 Å².